The first-order valence-electron chi connectivity index (χ1n) is 3.95. The normalized spacial score (nSPS) is 46.4. The number of thiol groups is 1. The Hall–Kier alpha value is 0.150. The number of aliphatic hydroxyl groups is 3. The summed E-state index contributed by atoms with van der Waals surface area (Å²) in [4.78, 5) is 0. The van der Waals surface area contributed by atoms with E-state index in [0.717, 1.165) is 0 Å². The van der Waals surface area contributed by atoms with Gasteiger partial charge in [-0.25, -0.2) is 0 Å². The molecule has 0 aromatic rings. The van der Waals surface area contributed by atoms with Crippen LogP contribution in [0.25, 0.3) is 0 Å². The van der Waals surface area contributed by atoms with E-state index >= 15 is 0 Å². The molecule has 6 heteroatoms. The molecule has 3 N–H and O–H groups in total. The van der Waals surface area contributed by atoms with E-state index in [2.05, 4.69) is 12.6 Å². The highest BCUT2D eigenvalue weighted by Crippen LogP contribution is 2.21. The third kappa shape index (κ3) is 2.15. The minimum Gasteiger partial charge on any atom is -0.388 e. The molecule has 1 saturated heterocycles. The summed E-state index contributed by atoms with van der Waals surface area (Å²) in [5.41, 5.74) is 0. The van der Waals surface area contributed by atoms with E-state index in [1.165, 1.54) is 7.11 Å². The van der Waals surface area contributed by atoms with Gasteiger partial charge in [0.25, 0.3) is 0 Å². The van der Waals surface area contributed by atoms with Gasteiger partial charge in [-0.1, -0.05) is 0 Å². The van der Waals surface area contributed by atoms with E-state index < -0.39 is 30.7 Å². The van der Waals surface area contributed by atoms with E-state index in [1.807, 2.05) is 0 Å². The lowest BCUT2D eigenvalue weighted by atomic mass is 10.00. The summed E-state index contributed by atoms with van der Waals surface area (Å²) in [5.74, 6) is 0.255. The Balaban J connectivity index is 2.66. The van der Waals surface area contributed by atoms with Gasteiger partial charge in [-0.05, 0) is 0 Å². The second-order valence-electron chi connectivity index (χ2n) is 2.93. The molecule has 1 aliphatic rings. The third-order valence-corrected chi connectivity index (χ3v) is 2.44. The Morgan fingerprint density at radius 2 is 1.85 bits per heavy atom. The van der Waals surface area contributed by atoms with Gasteiger partial charge >= 0.3 is 0 Å². The first kappa shape index (κ1) is 11.2. The molecule has 0 radical (unpaired) electrons. The maximum Gasteiger partial charge on any atom is 0.186 e. The third-order valence-electron chi connectivity index (χ3n) is 2.08. The van der Waals surface area contributed by atoms with Crippen LogP contribution in [0, 0.1) is 0 Å². The molecule has 0 aromatic carbocycles. The quantitative estimate of drug-likeness (QED) is 0.412. The summed E-state index contributed by atoms with van der Waals surface area (Å²) in [5, 5.41) is 28.1. The van der Waals surface area contributed by atoms with Crippen molar-refractivity contribution in [2.75, 3.05) is 12.9 Å². The predicted octanol–water partition coefficient (Wildman–Crippen LogP) is -1.63. The second-order valence-corrected chi connectivity index (χ2v) is 3.30. The van der Waals surface area contributed by atoms with Crippen molar-refractivity contribution in [3.63, 3.8) is 0 Å². The average molecular weight is 210 g/mol. The van der Waals surface area contributed by atoms with Crippen molar-refractivity contribution in [3.8, 4) is 0 Å². The number of aliphatic hydroxyl groups excluding tert-OH is 3. The summed E-state index contributed by atoms with van der Waals surface area (Å²) >= 11 is 3.94. The van der Waals surface area contributed by atoms with Crippen molar-refractivity contribution < 1.29 is 24.8 Å². The summed E-state index contributed by atoms with van der Waals surface area (Å²) in [7, 11) is 1.36. The first-order chi connectivity index (χ1) is 6.11. The van der Waals surface area contributed by atoms with Crippen LogP contribution < -0.4 is 0 Å². The van der Waals surface area contributed by atoms with Crippen molar-refractivity contribution in [3.05, 3.63) is 0 Å². The Morgan fingerprint density at radius 1 is 1.23 bits per heavy atom. The minimum atomic E-state index is -1.25. The molecule has 0 saturated carbocycles. The Bertz CT molecular complexity index is 147. The lowest BCUT2D eigenvalue weighted by molar-refractivity contribution is -0.284. The van der Waals surface area contributed by atoms with Crippen LogP contribution in [0.5, 0.6) is 0 Å². The molecule has 1 aliphatic heterocycles. The van der Waals surface area contributed by atoms with Crippen LogP contribution in [0.1, 0.15) is 0 Å². The molecule has 78 valence electrons. The SMILES string of the molecule is COC1OC(CS)C(O)C(O)C1O. The zero-order chi connectivity index (χ0) is 10.0. The number of hydrogen-bond acceptors (Lipinski definition) is 6. The Morgan fingerprint density at radius 3 is 2.31 bits per heavy atom. The van der Waals surface area contributed by atoms with Gasteiger partial charge in [-0.15, -0.1) is 0 Å². The summed E-state index contributed by atoms with van der Waals surface area (Å²) in [6.07, 6.45) is -5.13. The van der Waals surface area contributed by atoms with Gasteiger partial charge in [0.2, 0.25) is 0 Å². The number of hydrogen-bond donors (Lipinski definition) is 4. The largest absolute Gasteiger partial charge is 0.388 e. The standard InChI is InChI=1S/C7H14O5S/c1-11-7-6(10)5(9)4(8)3(2-13)12-7/h3-10,13H,2H2,1H3. The monoisotopic (exact) mass is 210 g/mol. The lowest BCUT2D eigenvalue weighted by Crippen LogP contribution is -2.58. The maximum absolute atomic E-state index is 9.38. The van der Waals surface area contributed by atoms with E-state index in [1.54, 1.807) is 0 Å². The summed E-state index contributed by atoms with van der Waals surface area (Å²) < 4.78 is 9.90. The van der Waals surface area contributed by atoms with E-state index in [9.17, 15) is 15.3 Å². The zero-order valence-electron chi connectivity index (χ0n) is 7.20. The fourth-order valence-corrected chi connectivity index (χ4v) is 1.56. The number of methoxy groups -OCH3 is 1. The van der Waals surface area contributed by atoms with Crippen molar-refractivity contribution in [2.24, 2.45) is 0 Å². The van der Waals surface area contributed by atoms with Crippen LogP contribution >= 0.6 is 12.6 Å². The predicted molar refractivity (Wildman–Crippen MR) is 47.5 cm³/mol. The highest BCUT2D eigenvalue weighted by molar-refractivity contribution is 7.80. The topological polar surface area (TPSA) is 79.2 Å². The van der Waals surface area contributed by atoms with Crippen LogP contribution in [0.4, 0.5) is 0 Å². The smallest absolute Gasteiger partial charge is 0.186 e. The Labute approximate surface area is 81.7 Å². The van der Waals surface area contributed by atoms with E-state index in [0.29, 0.717) is 0 Å². The molecule has 5 unspecified atom stereocenters. The molecule has 1 heterocycles. The molecule has 1 fully saturated rings. The van der Waals surface area contributed by atoms with Crippen LogP contribution in [-0.4, -0.2) is 58.9 Å². The minimum absolute atomic E-state index is 0.255. The average Bonchev–Trinajstić information content (AvgIpc) is 2.15. The molecule has 5 atom stereocenters. The van der Waals surface area contributed by atoms with Gasteiger partial charge in [0.05, 0.1) is 6.10 Å². The molecular weight excluding hydrogens is 196 g/mol. The van der Waals surface area contributed by atoms with Gasteiger partial charge in [-0.3, -0.25) is 0 Å². The van der Waals surface area contributed by atoms with Crippen molar-refractivity contribution in [2.45, 2.75) is 30.7 Å². The fraction of sp³-hybridized carbons (Fsp3) is 1.00. The molecule has 5 nitrogen and oxygen atoms in total. The van der Waals surface area contributed by atoms with Crippen LogP contribution in [-0.2, 0) is 9.47 Å². The molecule has 0 aliphatic carbocycles. The summed E-state index contributed by atoms with van der Waals surface area (Å²) in [6, 6.07) is 0. The zero-order valence-corrected chi connectivity index (χ0v) is 8.09. The highest BCUT2D eigenvalue weighted by atomic mass is 32.1. The molecule has 13 heavy (non-hydrogen) atoms. The summed E-state index contributed by atoms with van der Waals surface area (Å²) in [6.45, 7) is 0. The molecule has 0 bridgehead atoms. The highest BCUT2D eigenvalue weighted by Gasteiger charge is 2.43. The molecule has 0 aromatic heterocycles. The lowest BCUT2D eigenvalue weighted by Gasteiger charge is -2.39. The van der Waals surface area contributed by atoms with Crippen molar-refractivity contribution >= 4 is 12.6 Å². The van der Waals surface area contributed by atoms with Crippen LogP contribution in [0.2, 0.25) is 0 Å². The van der Waals surface area contributed by atoms with E-state index in [4.69, 9.17) is 9.47 Å². The maximum atomic E-state index is 9.38. The second kappa shape index (κ2) is 4.59. The van der Waals surface area contributed by atoms with Crippen molar-refractivity contribution in [1.82, 2.24) is 0 Å². The van der Waals surface area contributed by atoms with Crippen molar-refractivity contribution in [1.29, 1.82) is 0 Å². The van der Waals surface area contributed by atoms with Crippen LogP contribution in [0.15, 0.2) is 0 Å². The first-order valence-corrected chi connectivity index (χ1v) is 4.58. The fourth-order valence-electron chi connectivity index (χ4n) is 1.26. The van der Waals surface area contributed by atoms with Gasteiger partial charge in [0.15, 0.2) is 6.29 Å². The molecular formula is C7H14O5S. The van der Waals surface area contributed by atoms with Gasteiger partial charge in [0, 0.05) is 12.9 Å². The van der Waals surface area contributed by atoms with Gasteiger partial charge in [-0.2, -0.15) is 12.6 Å². The molecule has 0 spiro atoms. The molecule has 0 amide bonds. The van der Waals surface area contributed by atoms with Gasteiger partial charge < -0.3 is 24.8 Å². The molecule has 1 rings (SSSR count). The van der Waals surface area contributed by atoms with Gasteiger partial charge in [0.1, 0.15) is 18.3 Å². The number of ether oxygens (including phenoxy) is 2. The Kier molecular flexibility index (Phi) is 3.96. The van der Waals surface area contributed by atoms with E-state index in [-0.39, 0.29) is 5.75 Å². The number of rotatable bonds is 2. The van der Waals surface area contributed by atoms with Crippen LogP contribution in [0.3, 0.4) is 0 Å².